The summed E-state index contributed by atoms with van der Waals surface area (Å²) in [5.41, 5.74) is 2.38. The summed E-state index contributed by atoms with van der Waals surface area (Å²) in [5.74, 6) is -0.377. The minimum absolute atomic E-state index is 0.147. The number of hydrogen-bond donors (Lipinski definition) is 1. The standard InChI is InChI=1S/C26H24N2O3S/c1-20-14-16-24(17-15-20)32(30,31)28(23-11-3-2-4-12-23)19-26(29)27-18-22-10-7-9-21-8-5-6-13-25(21)22/h2-17H,18-19H2,1H3,(H,27,29). The van der Waals surface area contributed by atoms with Crippen LogP contribution in [0.3, 0.4) is 0 Å². The number of anilines is 1. The minimum Gasteiger partial charge on any atom is -0.350 e. The van der Waals surface area contributed by atoms with Crippen molar-refractivity contribution in [3.8, 4) is 0 Å². The van der Waals surface area contributed by atoms with Crippen molar-refractivity contribution in [1.82, 2.24) is 5.32 Å². The van der Waals surface area contributed by atoms with Gasteiger partial charge in [-0.3, -0.25) is 9.10 Å². The molecule has 0 heterocycles. The number of carbonyl (C=O) groups excluding carboxylic acids is 1. The summed E-state index contributed by atoms with van der Waals surface area (Å²) in [5, 5.41) is 5.03. The number of para-hydroxylation sites is 1. The van der Waals surface area contributed by atoms with E-state index in [0.717, 1.165) is 26.2 Å². The highest BCUT2D eigenvalue weighted by molar-refractivity contribution is 7.92. The van der Waals surface area contributed by atoms with Gasteiger partial charge in [0.05, 0.1) is 10.6 Å². The van der Waals surface area contributed by atoms with Crippen LogP contribution in [0.25, 0.3) is 10.8 Å². The molecule has 0 saturated heterocycles. The van der Waals surface area contributed by atoms with Crippen LogP contribution in [0.5, 0.6) is 0 Å². The molecule has 0 atom stereocenters. The number of nitrogens with one attached hydrogen (secondary N) is 1. The van der Waals surface area contributed by atoms with Gasteiger partial charge in [-0.2, -0.15) is 0 Å². The van der Waals surface area contributed by atoms with Crippen LogP contribution in [0.2, 0.25) is 0 Å². The predicted octanol–water partition coefficient (Wildman–Crippen LogP) is 4.66. The van der Waals surface area contributed by atoms with Crippen molar-refractivity contribution in [2.75, 3.05) is 10.8 Å². The van der Waals surface area contributed by atoms with Crippen LogP contribution >= 0.6 is 0 Å². The number of amides is 1. The molecule has 0 fully saturated rings. The summed E-state index contributed by atoms with van der Waals surface area (Å²) in [6, 6.07) is 29.2. The summed E-state index contributed by atoms with van der Waals surface area (Å²) in [7, 11) is -3.91. The Bertz CT molecular complexity index is 1330. The lowest BCUT2D eigenvalue weighted by atomic mass is 10.0. The number of aryl methyl sites for hydroxylation is 1. The van der Waals surface area contributed by atoms with E-state index in [0.29, 0.717) is 12.2 Å². The molecule has 1 amide bonds. The van der Waals surface area contributed by atoms with Crippen molar-refractivity contribution in [3.63, 3.8) is 0 Å². The van der Waals surface area contributed by atoms with Gasteiger partial charge in [-0.25, -0.2) is 8.42 Å². The first kappa shape index (κ1) is 21.6. The Kier molecular flexibility index (Phi) is 6.23. The molecular formula is C26H24N2O3S. The number of sulfonamides is 1. The molecule has 4 aromatic rings. The second-order valence-corrected chi connectivity index (χ2v) is 9.44. The maximum absolute atomic E-state index is 13.4. The van der Waals surface area contributed by atoms with Crippen LogP contribution in [0.15, 0.2) is 102 Å². The van der Waals surface area contributed by atoms with Gasteiger partial charge in [0.15, 0.2) is 0 Å². The van der Waals surface area contributed by atoms with E-state index in [4.69, 9.17) is 0 Å². The van der Waals surface area contributed by atoms with Crippen molar-refractivity contribution < 1.29 is 13.2 Å². The van der Waals surface area contributed by atoms with Gasteiger partial charge < -0.3 is 5.32 Å². The highest BCUT2D eigenvalue weighted by atomic mass is 32.2. The van der Waals surface area contributed by atoms with Gasteiger partial charge in [-0.1, -0.05) is 78.4 Å². The molecule has 5 nitrogen and oxygen atoms in total. The van der Waals surface area contributed by atoms with E-state index in [1.54, 1.807) is 54.6 Å². The maximum Gasteiger partial charge on any atom is 0.264 e. The first-order valence-corrected chi connectivity index (χ1v) is 11.8. The van der Waals surface area contributed by atoms with Crippen molar-refractivity contribution >= 4 is 32.4 Å². The molecule has 0 saturated carbocycles. The Hall–Kier alpha value is -3.64. The fraction of sp³-hybridized carbons (Fsp3) is 0.115. The third-order valence-electron chi connectivity index (χ3n) is 5.30. The molecule has 4 aromatic carbocycles. The molecule has 6 heteroatoms. The lowest BCUT2D eigenvalue weighted by Gasteiger charge is -2.24. The van der Waals surface area contributed by atoms with Crippen molar-refractivity contribution in [2.45, 2.75) is 18.4 Å². The molecule has 0 aliphatic rings. The number of hydrogen-bond acceptors (Lipinski definition) is 3. The molecule has 0 unspecified atom stereocenters. The van der Waals surface area contributed by atoms with Gasteiger partial charge in [0.25, 0.3) is 10.0 Å². The number of rotatable bonds is 7. The van der Waals surface area contributed by atoms with Crippen molar-refractivity contribution in [2.24, 2.45) is 0 Å². The van der Waals surface area contributed by atoms with Gasteiger partial charge in [0.1, 0.15) is 6.54 Å². The smallest absolute Gasteiger partial charge is 0.264 e. The summed E-state index contributed by atoms with van der Waals surface area (Å²) >= 11 is 0. The minimum atomic E-state index is -3.91. The number of carbonyl (C=O) groups is 1. The molecule has 32 heavy (non-hydrogen) atoms. The van der Waals surface area contributed by atoms with Crippen LogP contribution in [-0.2, 0) is 21.4 Å². The molecule has 162 valence electrons. The normalized spacial score (nSPS) is 11.3. The van der Waals surface area contributed by atoms with Gasteiger partial charge >= 0.3 is 0 Å². The van der Waals surface area contributed by atoms with Crippen LogP contribution in [0.4, 0.5) is 5.69 Å². The van der Waals surface area contributed by atoms with Gasteiger partial charge in [0.2, 0.25) is 5.91 Å². The number of fused-ring (bicyclic) bond motifs is 1. The largest absolute Gasteiger partial charge is 0.350 e. The molecule has 0 bridgehead atoms. The molecule has 4 rings (SSSR count). The Balaban J connectivity index is 1.57. The summed E-state index contributed by atoms with van der Waals surface area (Å²) in [4.78, 5) is 13.0. The number of benzene rings is 4. The van der Waals surface area contributed by atoms with Crippen molar-refractivity contribution in [1.29, 1.82) is 0 Å². The van der Waals surface area contributed by atoms with E-state index in [2.05, 4.69) is 5.32 Å². The van der Waals surface area contributed by atoms with E-state index in [1.165, 1.54) is 0 Å². The highest BCUT2D eigenvalue weighted by Crippen LogP contribution is 2.24. The zero-order valence-electron chi connectivity index (χ0n) is 17.7. The van der Waals surface area contributed by atoms with Crippen LogP contribution in [0.1, 0.15) is 11.1 Å². The average molecular weight is 445 g/mol. The first-order valence-electron chi connectivity index (χ1n) is 10.3. The maximum atomic E-state index is 13.4. The van der Waals surface area contributed by atoms with Gasteiger partial charge in [0, 0.05) is 6.54 Å². The van der Waals surface area contributed by atoms with Crippen LogP contribution in [0, 0.1) is 6.92 Å². The summed E-state index contributed by atoms with van der Waals surface area (Å²) < 4.78 is 27.9. The van der Waals surface area contributed by atoms with Crippen LogP contribution < -0.4 is 9.62 Å². The third-order valence-corrected chi connectivity index (χ3v) is 7.08. The van der Waals surface area contributed by atoms with Gasteiger partial charge in [-0.15, -0.1) is 0 Å². The fourth-order valence-electron chi connectivity index (χ4n) is 3.57. The quantitative estimate of drug-likeness (QED) is 0.451. The van der Waals surface area contributed by atoms with E-state index in [-0.39, 0.29) is 17.3 Å². The monoisotopic (exact) mass is 444 g/mol. The molecule has 0 spiro atoms. The lowest BCUT2D eigenvalue weighted by molar-refractivity contribution is -0.119. The van der Waals surface area contributed by atoms with Crippen molar-refractivity contribution in [3.05, 3.63) is 108 Å². The fourth-order valence-corrected chi connectivity index (χ4v) is 4.99. The molecule has 1 N–H and O–H groups in total. The van der Waals surface area contributed by atoms with Crippen LogP contribution in [-0.4, -0.2) is 20.9 Å². The van der Waals surface area contributed by atoms with Gasteiger partial charge in [-0.05, 0) is 47.5 Å². The first-order chi connectivity index (χ1) is 15.4. The Morgan fingerprint density at radius 2 is 1.47 bits per heavy atom. The van der Waals surface area contributed by atoms with E-state index in [9.17, 15) is 13.2 Å². The molecule has 0 radical (unpaired) electrons. The van der Waals surface area contributed by atoms with E-state index >= 15 is 0 Å². The van der Waals surface area contributed by atoms with E-state index < -0.39 is 10.0 Å². The molecular weight excluding hydrogens is 420 g/mol. The Labute approximate surface area is 188 Å². The Morgan fingerprint density at radius 1 is 0.812 bits per heavy atom. The number of nitrogens with zero attached hydrogens (tertiary/aromatic N) is 1. The highest BCUT2D eigenvalue weighted by Gasteiger charge is 2.27. The SMILES string of the molecule is Cc1ccc(S(=O)(=O)N(CC(=O)NCc2cccc3ccccc23)c2ccccc2)cc1. The zero-order chi connectivity index (χ0) is 22.6. The topological polar surface area (TPSA) is 66.5 Å². The third kappa shape index (κ3) is 4.65. The summed E-state index contributed by atoms with van der Waals surface area (Å²) in [6.45, 7) is 1.89. The second-order valence-electron chi connectivity index (χ2n) is 7.58. The summed E-state index contributed by atoms with van der Waals surface area (Å²) in [6.07, 6.45) is 0. The second kappa shape index (κ2) is 9.24. The van der Waals surface area contributed by atoms with E-state index in [1.807, 2.05) is 49.4 Å². The zero-order valence-corrected chi connectivity index (χ0v) is 18.5. The molecule has 0 aliphatic carbocycles. The predicted molar refractivity (Wildman–Crippen MR) is 128 cm³/mol. The molecule has 0 aromatic heterocycles. The lowest BCUT2D eigenvalue weighted by Crippen LogP contribution is -2.40. The average Bonchev–Trinajstić information content (AvgIpc) is 2.82. The molecule has 0 aliphatic heterocycles. The Morgan fingerprint density at radius 3 is 2.22 bits per heavy atom.